The number of nitrogens with zero attached hydrogens (tertiary/aromatic N) is 3. The molecule has 7 heteroatoms. The number of rotatable bonds is 4. The van der Waals surface area contributed by atoms with Crippen LogP contribution in [0.1, 0.15) is 11.6 Å². The average molecular weight is 353 g/mol. The predicted octanol–water partition coefficient (Wildman–Crippen LogP) is 1.22. The maximum absolute atomic E-state index is 12.8. The SMILES string of the molecule is O=C(Cn1c(=O)oc2ccccc21)N1C[C@@H](CO)[C@H](c2ccccn2)C1. The Bertz CT molecular complexity index is 979. The summed E-state index contributed by atoms with van der Waals surface area (Å²) in [6, 6.07) is 12.7. The third-order valence-electron chi connectivity index (χ3n) is 4.96. The van der Waals surface area contributed by atoms with Gasteiger partial charge in [-0.15, -0.1) is 0 Å². The van der Waals surface area contributed by atoms with E-state index in [1.165, 1.54) is 4.57 Å². The fourth-order valence-corrected chi connectivity index (χ4v) is 3.59. The number of fused-ring (bicyclic) bond motifs is 1. The van der Waals surface area contributed by atoms with E-state index in [2.05, 4.69) is 4.98 Å². The highest BCUT2D eigenvalue weighted by Crippen LogP contribution is 2.31. The van der Waals surface area contributed by atoms with E-state index < -0.39 is 5.76 Å². The highest BCUT2D eigenvalue weighted by molar-refractivity contribution is 5.80. The van der Waals surface area contributed by atoms with Crippen LogP contribution in [0.5, 0.6) is 0 Å². The van der Waals surface area contributed by atoms with Crippen LogP contribution in [0.25, 0.3) is 11.1 Å². The van der Waals surface area contributed by atoms with Gasteiger partial charge >= 0.3 is 5.76 Å². The first-order valence-electron chi connectivity index (χ1n) is 8.55. The Labute approximate surface area is 149 Å². The van der Waals surface area contributed by atoms with Gasteiger partial charge in [0.05, 0.1) is 5.52 Å². The number of aliphatic hydroxyl groups excluding tert-OH is 1. The van der Waals surface area contributed by atoms with Gasteiger partial charge in [-0.1, -0.05) is 18.2 Å². The highest BCUT2D eigenvalue weighted by Gasteiger charge is 2.36. The second-order valence-electron chi connectivity index (χ2n) is 6.52. The number of para-hydroxylation sites is 2. The molecule has 134 valence electrons. The Morgan fingerprint density at radius 2 is 2.00 bits per heavy atom. The number of aliphatic hydroxyl groups is 1. The normalized spacial score (nSPS) is 20.0. The molecule has 1 N–H and O–H groups in total. The van der Waals surface area contributed by atoms with Gasteiger partial charge in [0, 0.05) is 43.4 Å². The Morgan fingerprint density at radius 3 is 2.77 bits per heavy atom. The first kappa shape index (κ1) is 16.5. The lowest BCUT2D eigenvalue weighted by Gasteiger charge is -2.16. The van der Waals surface area contributed by atoms with Gasteiger partial charge in [-0.2, -0.15) is 0 Å². The van der Waals surface area contributed by atoms with Gasteiger partial charge in [-0.3, -0.25) is 14.3 Å². The van der Waals surface area contributed by atoms with Crippen LogP contribution in [0.2, 0.25) is 0 Å². The molecule has 0 aliphatic carbocycles. The number of pyridine rings is 1. The zero-order chi connectivity index (χ0) is 18.1. The lowest BCUT2D eigenvalue weighted by atomic mass is 9.93. The summed E-state index contributed by atoms with van der Waals surface area (Å²) in [4.78, 5) is 30.9. The van der Waals surface area contributed by atoms with E-state index in [0.717, 1.165) is 5.69 Å². The fourth-order valence-electron chi connectivity index (χ4n) is 3.59. The third-order valence-corrected chi connectivity index (χ3v) is 4.96. The van der Waals surface area contributed by atoms with Gasteiger partial charge in [-0.05, 0) is 24.3 Å². The zero-order valence-corrected chi connectivity index (χ0v) is 14.1. The largest absolute Gasteiger partial charge is 0.420 e. The van der Waals surface area contributed by atoms with Crippen LogP contribution in [-0.2, 0) is 11.3 Å². The van der Waals surface area contributed by atoms with Gasteiger partial charge in [-0.25, -0.2) is 4.79 Å². The van der Waals surface area contributed by atoms with Gasteiger partial charge in [0.1, 0.15) is 6.54 Å². The van der Waals surface area contributed by atoms with Crippen molar-refractivity contribution in [2.24, 2.45) is 5.92 Å². The summed E-state index contributed by atoms with van der Waals surface area (Å²) < 4.78 is 6.53. The Morgan fingerprint density at radius 1 is 1.19 bits per heavy atom. The quantitative estimate of drug-likeness (QED) is 0.762. The smallest absolute Gasteiger partial charge is 0.408 e. The number of oxazole rings is 1. The van der Waals surface area contributed by atoms with Gasteiger partial charge in [0.2, 0.25) is 5.91 Å². The number of benzene rings is 1. The topological polar surface area (TPSA) is 88.6 Å². The second kappa shape index (κ2) is 6.76. The molecular formula is C19H19N3O4. The number of amides is 1. The van der Waals surface area contributed by atoms with Crippen molar-refractivity contribution in [3.8, 4) is 0 Å². The van der Waals surface area contributed by atoms with Crippen molar-refractivity contribution in [1.29, 1.82) is 0 Å². The molecule has 0 bridgehead atoms. The summed E-state index contributed by atoms with van der Waals surface area (Å²) in [5, 5.41) is 9.70. The second-order valence-corrected chi connectivity index (χ2v) is 6.52. The lowest BCUT2D eigenvalue weighted by Crippen LogP contribution is -2.34. The molecule has 0 radical (unpaired) electrons. The predicted molar refractivity (Wildman–Crippen MR) is 94.6 cm³/mol. The zero-order valence-electron chi connectivity index (χ0n) is 14.1. The maximum atomic E-state index is 12.8. The van der Waals surface area contributed by atoms with Crippen molar-refractivity contribution in [1.82, 2.24) is 14.5 Å². The van der Waals surface area contributed by atoms with Crippen molar-refractivity contribution in [3.05, 3.63) is 64.9 Å². The molecule has 3 aromatic rings. The molecule has 4 rings (SSSR count). The van der Waals surface area contributed by atoms with Gasteiger partial charge < -0.3 is 14.4 Å². The van der Waals surface area contributed by atoms with E-state index in [9.17, 15) is 14.7 Å². The number of hydrogen-bond acceptors (Lipinski definition) is 5. The van der Waals surface area contributed by atoms with Crippen molar-refractivity contribution in [3.63, 3.8) is 0 Å². The number of carbonyl (C=O) groups excluding carboxylic acids is 1. The van der Waals surface area contributed by atoms with Gasteiger partial charge in [0.25, 0.3) is 0 Å². The maximum Gasteiger partial charge on any atom is 0.420 e. The minimum absolute atomic E-state index is 0.0111. The van der Waals surface area contributed by atoms with Crippen LogP contribution in [0.15, 0.2) is 57.9 Å². The fraction of sp³-hybridized carbons (Fsp3) is 0.316. The Hall–Kier alpha value is -2.93. The molecule has 1 fully saturated rings. The van der Waals surface area contributed by atoms with Crippen LogP contribution in [-0.4, -0.2) is 45.2 Å². The lowest BCUT2D eigenvalue weighted by molar-refractivity contribution is -0.131. The highest BCUT2D eigenvalue weighted by atomic mass is 16.4. The van der Waals surface area contributed by atoms with Crippen LogP contribution in [0.3, 0.4) is 0 Å². The Kier molecular flexibility index (Phi) is 4.30. The monoisotopic (exact) mass is 353 g/mol. The standard InChI is InChI=1S/C19H19N3O4/c23-12-13-9-21(10-14(13)15-5-3-4-8-20-15)18(24)11-22-16-6-1-2-7-17(16)26-19(22)25/h1-8,13-14,23H,9-12H2/t13-,14+/m0/s1. The molecule has 7 nitrogen and oxygen atoms in total. The molecule has 1 aliphatic rings. The summed E-state index contributed by atoms with van der Waals surface area (Å²) >= 11 is 0. The average Bonchev–Trinajstić information content (AvgIpc) is 3.24. The summed E-state index contributed by atoms with van der Waals surface area (Å²) in [6.45, 7) is 0.829. The molecule has 3 heterocycles. The van der Waals surface area contributed by atoms with E-state index in [-0.39, 0.29) is 30.9 Å². The molecular weight excluding hydrogens is 334 g/mol. The van der Waals surface area contributed by atoms with Gasteiger partial charge in [0.15, 0.2) is 5.58 Å². The first-order valence-corrected chi connectivity index (χ1v) is 8.55. The molecule has 1 aliphatic heterocycles. The number of hydrogen-bond donors (Lipinski definition) is 1. The summed E-state index contributed by atoms with van der Waals surface area (Å²) in [5.41, 5.74) is 1.93. The number of likely N-dealkylation sites (tertiary alicyclic amines) is 1. The third kappa shape index (κ3) is 2.90. The van der Waals surface area contributed by atoms with E-state index in [1.54, 1.807) is 35.4 Å². The van der Waals surface area contributed by atoms with Crippen LogP contribution in [0.4, 0.5) is 0 Å². The first-order chi connectivity index (χ1) is 12.7. The molecule has 1 aromatic carbocycles. The molecule has 0 unspecified atom stereocenters. The molecule has 2 aromatic heterocycles. The van der Waals surface area contributed by atoms with Crippen molar-refractivity contribution < 1.29 is 14.3 Å². The molecule has 2 atom stereocenters. The number of carbonyl (C=O) groups is 1. The van der Waals surface area contributed by atoms with Crippen molar-refractivity contribution >= 4 is 17.0 Å². The Balaban J connectivity index is 1.55. The van der Waals surface area contributed by atoms with Crippen LogP contribution < -0.4 is 5.76 Å². The van der Waals surface area contributed by atoms with Crippen LogP contribution >= 0.6 is 0 Å². The van der Waals surface area contributed by atoms with E-state index in [0.29, 0.717) is 24.2 Å². The molecule has 0 spiro atoms. The van der Waals surface area contributed by atoms with Crippen molar-refractivity contribution in [2.75, 3.05) is 19.7 Å². The molecule has 26 heavy (non-hydrogen) atoms. The van der Waals surface area contributed by atoms with E-state index in [1.807, 2.05) is 18.2 Å². The van der Waals surface area contributed by atoms with Crippen molar-refractivity contribution in [2.45, 2.75) is 12.5 Å². The molecule has 1 saturated heterocycles. The molecule has 0 saturated carbocycles. The summed E-state index contributed by atoms with van der Waals surface area (Å²) in [7, 11) is 0. The summed E-state index contributed by atoms with van der Waals surface area (Å²) in [6.07, 6.45) is 1.71. The number of aromatic nitrogens is 2. The minimum Gasteiger partial charge on any atom is -0.408 e. The minimum atomic E-state index is -0.543. The van der Waals surface area contributed by atoms with E-state index >= 15 is 0 Å². The molecule has 1 amide bonds. The summed E-state index contributed by atoms with van der Waals surface area (Å²) in [5.74, 6) is -0.788. The van der Waals surface area contributed by atoms with Crippen LogP contribution in [0, 0.1) is 5.92 Å². The van der Waals surface area contributed by atoms with E-state index in [4.69, 9.17) is 4.42 Å².